The highest BCUT2D eigenvalue weighted by atomic mass is 19.1. The van der Waals surface area contributed by atoms with Gasteiger partial charge in [-0.2, -0.15) is 9.97 Å². The van der Waals surface area contributed by atoms with Crippen LogP contribution in [0, 0.1) is 24.0 Å². The number of methoxy groups -OCH3 is 1. The highest BCUT2D eigenvalue weighted by Crippen LogP contribution is 2.38. The second-order valence-electron chi connectivity index (χ2n) is 6.83. The fourth-order valence-corrected chi connectivity index (χ4v) is 3.35. The van der Waals surface area contributed by atoms with Crippen LogP contribution in [-0.2, 0) is 0 Å². The third kappa shape index (κ3) is 3.48. The van der Waals surface area contributed by atoms with Crippen molar-refractivity contribution in [1.82, 2.24) is 15.0 Å². The molecule has 0 saturated heterocycles. The molecule has 0 unspecified atom stereocenters. The molecule has 4 aromatic rings. The lowest BCUT2D eigenvalue weighted by Gasteiger charge is -2.13. The molecule has 2 heterocycles. The number of hydrogen-bond donors (Lipinski definition) is 3. The number of allylic oxidation sites excluding steroid dienone is 1. The van der Waals surface area contributed by atoms with E-state index in [0.29, 0.717) is 5.39 Å². The third-order valence-corrected chi connectivity index (χ3v) is 4.72. The first-order chi connectivity index (χ1) is 15.3. The average Bonchev–Trinajstić information content (AvgIpc) is 2.77. The zero-order chi connectivity index (χ0) is 23.0. The van der Waals surface area contributed by atoms with E-state index in [4.69, 9.17) is 11.2 Å². The van der Waals surface area contributed by atoms with Crippen LogP contribution in [0.3, 0.4) is 0 Å². The Morgan fingerprint density at radius 2 is 2.03 bits per heavy atom. The van der Waals surface area contributed by atoms with Crippen molar-refractivity contribution >= 4 is 27.5 Å². The van der Waals surface area contributed by atoms with E-state index in [1.54, 1.807) is 0 Å². The van der Waals surface area contributed by atoms with Gasteiger partial charge in [0.05, 0.1) is 18.1 Å². The van der Waals surface area contributed by atoms with Gasteiger partial charge in [-0.05, 0) is 30.5 Å². The van der Waals surface area contributed by atoms with Crippen LogP contribution in [0.2, 0.25) is 0 Å². The second kappa shape index (κ2) is 8.00. The lowest BCUT2D eigenvalue weighted by atomic mass is 9.96. The summed E-state index contributed by atoms with van der Waals surface area (Å²) < 4.78 is 35.2. The predicted molar refractivity (Wildman–Crippen MR) is 116 cm³/mol. The topological polar surface area (TPSA) is 100 Å². The Labute approximate surface area is 181 Å². The number of phenolic OH excluding ortho intramolecular Hbond substituents is 1. The van der Waals surface area contributed by atoms with E-state index in [2.05, 4.69) is 26.2 Å². The van der Waals surface area contributed by atoms with Crippen molar-refractivity contribution < 1.29 is 23.7 Å². The molecule has 0 spiro atoms. The van der Waals surface area contributed by atoms with Crippen molar-refractivity contribution in [3.8, 4) is 35.4 Å². The quantitative estimate of drug-likeness (QED) is 0.318. The summed E-state index contributed by atoms with van der Waals surface area (Å²) in [7, 11) is 1.32. The van der Waals surface area contributed by atoms with E-state index in [0.717, 1.165) is 0 Å². The van der Waals surface area contributed by atoms with Gasteiger partial charge in [-0.3, -0.25) is 4.98 Å². The Balaban J connectivity index is 2.06. The number of rotatable bonds is 4. The van der Waals surface area contributed by atoms with Crippen LogP contribution in [0.15, 0.2) is 42.4 Å². The number of fused-ring (bicyclic) bond motifs is 2. The van der Waals surface area contributed by atoms with Gasteiger partial charge in [0, 0.05) is 23.3 Å². The van der Waals surface area contributed by atoms with Crippen LogP contribution in [0.25, 0.3) is 32.9 Å². The second-order valence-corrected chi connectivity index (χ2v) is 6.83. The minimum absolute atomic E-state index is 0.0316. The van der Waals surface area contributed by atoms with Gasteiger partial charge in [0.15, 0.2) is 5.82 Å². The highest BCUT2D eigenvalue weighted by Gasteiger charge is 2.21. The number of ether oxygens (including phenoxy) is 1. The van der Waals surface area contributed by atoms with E-state index in [9.17, 15) is 14.6 Å². The summed E-state index contributed by atoms with van der Waals surface area (Å²) in [5.74, 6) is 0.721. The minimum Gasteiger partial charge on any atom is -0.511 e. The summed E-state index contributed by atoms with van der Waals surface area (Å²) in [5.41, 5.74) is -0.306. The number of pyridine rings is 1. The van der Waals surface area contributed by atoms with Crippen LogP contribution in [-0.4, -0.2) is 32.3 Å². The van der Waals surface area contributed by atoms with Gasteiger partial charge in [-0.25, -0.2) is 8.78 Å². The van der Waals surface area contributed by atoms with Crippen molar-refractivity contribution in [2.24, 2.45) is 0 Å². The number of nitrogens with one attached hydrogen (secondary N) is 1. The van der Waals surface area contributed by atoms with Crippen molar-refractivity contribution in [2.75, 3.05) is 12.4 Å². The number of phenols is 1. The molecule has 160 valence electrons. The summed E-state index contributed by atoms with van der Waals surface area (Å²) >= 11 is 0. The number of aliphatic hydroxyl groups is 1. The van der Waals surface area contributed by atoms with Gasteiger partial charge >= 0.3 is 6.01 Å². The zero-order valence-electron chi connectivity index (χ0n) is 16.9. The molecule has 0 saturated carbocycles. The largest absolute Gasteiger partial charge is 0.511 e. The SMILES string of the molecule is C#Cc1c(F)ccc2cc(O)cc(-c3ncc4c(N/C=C(\C)O)nc(OC)nc4c3F)c12. The maximum atomic E-state index is 15.7. The van der Waals surface area contributed by atoms with Gasteiger partial charge < -0.3 is 20.3 Å². The number of aromatic nitrogens is 3. The molecule has 0 amide bonds. The molecule has 32 heavy (non-hydrogen) atoms. The molecule has 2 aromatic carbocycles. The van der Waals surface area contributed by atoms with E-state index in [1.165, 1.54) is 50.7 Å². The molecule has 9 heteroatoms. The maximum Gasteiger partial charge on any atom is 0.318 e. The standard InChI is InChI=1S/C23H16F2N4O3/c1-4-14-17(24)6-5-12-7-13(31)8-15(18(12)14)20-19(25)21-16(10-26-20)22(27-9-11(2)30)29-23(28-21)32-3/h1,5-10,30-31H,2-3H3,(H,27,28,29)/b11-9+. The summed E-state index contributed by atoms with van der Waals surface area (Å²) in [4.78, 5) is 12.4. The van der Waals surface area contributed by atoms with Gasteiger partial charge in [-0.1, -0.05) is 12.0 Å². The maximum absolute atomic E-state index is 15.7. The molecule has 0 bridgehead atoms. The molecule has 0 aliphatic heterocycles. The van der Waals surface area contributed by atoms with E-state index in [-0.39, 0.29) is 56.4 Å². The summed E-state index contributed by atoms with van der Waals surface area (Å²) in [5, 5.41) is 23.2. The zero-order valence-corrected chi connectivity index (χ0v) is 16.9. The highest BCUT2D eigenvalue weighted by molar-refractivity contribution is 6.02. The number of halogens is 2. The Hall–Kier alpha value is -4.45. The Kier molecular flexibility index (Phi) is 5.20. The Morgan fingerprint density at radius 3 is 2.72 bits per heavy atom. The molecular formula is C23H16F2N4O3. The lowest BCUT2D eigenvalue weighted by molar-refractivity contribution is 0.382. The summed E-state index contributed by atoms with van der Waals surface area (Å²) in [6.07, 6.45) is 8.09. The number of aliphatic hydroxyl groups excluding tert-OH is 1. The van der Waals surface area contributed by atoms with E-state index >= 15 is 4.39 Å². The van der Waals surface area contributed by atoms with Crippen LogP contribution in [0.1, 0.15) is 12.5 Å². The van der Waals surface area contributed by atoms with Crippen molar-refractivity contribution in [3.05, 3.63) is 59.6 Å². The normalized spacial score (nSPS) is 11.5. The molecule has 7 nitrogen and oxygen atoms in total. The molecule has 2 aromatic heterocycles. The molecule has 3 N–H and O–H groups in total. The predicted octanol–water partition coefficient (Wildman–Crippen LogP) is 4.65. The van der Waals surface area contributed by atoms with Crippen molar-refractivity contribution in [1.29, 1.82) is 0 Å². The van der Waals surface area contributed by atoms with Crippen LogP contribution >= 0.6 is 0 Å². The number of terminal acetylenes is 1. The van der Waals surface area contributed by atoms with Crippen LogP contribution in [0.5, 0.6) is 11.8 Å². The first-order valence-electron chi connectivity index (χ1n) is 9.28. The number of nitrogens with zero attached hydrogens (tertiary/aromatic N) is 3. The molecule has 4 rings (SSSR count). The monoisotopic (exact) mass is 434 g/mol. The summed E-state index contributed by atoms with van der Waals surface area (Å²) in [6, 6.07) is 5.14. The van der Waals surface area contributed by atoms with Gasteiger partial charge in [0.1, 0.15) is 34.4 Å². The number of hydrogen-bond acceptors (Lipinski definition) is 7. The third-order valence-electron chi connectivity index (χ3n) is 4.72. The van der Waals surface area contributed by atoms with Crippen LogP contribution < -0.4 is 10.1 Å². The fraction of sp³-hybridized carbons (Fsp3) is 0.0870. The smallest absolute Gasteiger partial charge is 0.318 e. The van der Waals surface area contributed by atoms with Crippen molar-refractivity contribution in [2.45, 2.75) is 6.92 Å². The molecule has 0 atom stereocenters. The molecule has 0 radical (unpaired) electrons. The first-order valence-corrected chi connectivity index (χ1v) is 9.28. The fourth-order valence-electron chi connectivity index (χ4n) is 3.35. The molecule has 0 fully saturated rings. The van der Waals surface area contributed by atoms with Gasteiger partial charge in [0.25, 0.3) is 0 Å². The molecule has 0 aliphatic carbocycles. The number of benzene rings is 2. The van der Waals surface area contributed by atoms with Gasteiger partial charge in [0.2, 0.25) is 0 Å². The van der Waals surface area contributed by atoms with E-state index < -0.39 is 11.6 Å². The molecular weight excluding hydrogens is 418 g/mol. The van der Waals surface area contributed by atoms with Gasteiger partial charge in [-0.15, -0.1) is 6.42 Å². The number of aromatic hydroxyl groups is 1. The average molecular weight is 434 g/mol. The Bertz CT molecular complexity index is 1460. The number of anilines is 1. The first kappa shape index (κ1) is 20.8. The van der Waals surface area contributed by atoms with Crippen LogP contribution in [0.4, 0.5) is 14.6 Å². The molecule has 0 aliphatic rings. The van der Waals surface area contributed by atoms with Crippen molar-refractivity contribution in [3.63, 3.8) is 0 Å². The summed E-state index contributed by atoms with van der Waals surface area (Å²) in [6.45, 7) is 1.44. The Morgan fingerprint density at radius 1 is 1.25 bits per heavy atom. The lowest BCUT2D eigenvalue weighted by Crippen LogP contribution is -2.03. The van der Waals surface area contributed by atoms with E-state index in [1.807, 2.05) is 0 Å². The minimum atomic E-state index is -0.852.